The standard InChI is InChI=1S/C28H28FN3OS/c1-19-17-21(20(2)31(19)25-15-13-22(29)14-16-25)18-26-27(33)32(24-11-7-4-8-12-24)28(34-26)30-23-9-5-3-6-10-23/h3,5-6,9-10,13-18,24H,4,7-8,11-12H2,1-2H3/b26-18+,30-28?. The maximum Gasteiger partial charge on any atom is 0.267 e. The van der Waals surface area contributed by atoms with Crippen molar-refractivity contribution in [3.05, 3.63) is 88.3 Å². The molecule has 0 atom stereocenters. The lowest BCUT2D eigenvalue weighted by Crippen LogP contribution is -2.40. The predicted molar refractivity (Wildman–Crippen MR) is 138 cm³/mol. The van der Waals surface area contributed by atoms with Gasteiger partial charge in [0.1, 0.15) is 5.82 Å². The number of para-hydroxylation sites is 1. The second-order valence-electron chi connectivity index (χ2n) is 8.95. The zero-order valence-electron chi connectivity index (χ0n) is 19.5. The zero-order valence-corrected chi connectivity index (χ0v) is 20.3. The Hall–Kier alpha value is -3.12. The fourth-order valence-electron chi connectivity index (χ4n) is 4.90. The van der Waals surface area contributed by atoms with Gasteiger partial charge >= 0.3 is 0 Å². The number of aryl methyl sites for hydroxylation is 1. The van der Waals surface area contributed by atoms with Crippen molar-refractivity contribution in [1.82, 2.24) is 9.47 Å². The van der Waals surface area contributed by atoms with Gasteiger partial charge in [-0.1, -0.05) is 37.5 Å². The molecule has 0 radical (unpaired) electrons. The summed E-state index contributed by atoms with van der Waals surface area (Å²) >= 11 is 1.46. The van der Waals surface area contributed by atoms with Gasteiger partial charge in [-0.15, -0.1) is 0 Å². The highest BCUT2D eigenvalue weighted by Gasteiger charge is 2.38. The van der Waals surface area contributed by atoms with Crippen LogP contribution in [0.2, 0.25) is 0 Å². The summed E-state index contributed by atoms with van der Waals surface area (Å²) in [4.78, 5) is 21.1. The molecule has 3 aromatic rings. The quantitative estimate of drug-likeness (QED) is 0.377. The fraction of sp³-hybridized carbons (Fsp3) is 0.286. The van der Waals surface area contributed by atoms with Crippen LogP contribution < -0.4 is 0 Å². The maximum atomic E-state index is 13.6. The predicted octanol–water partition coefficient (Wildman–Crippen LogP) is 7.17. The Balaban J connectivity index is 1.52. The zero-order chi connectivity index (χ0) is 23.7. The Morgan fingerprint density at radius 3 is 2.41 bits per heavy atom. The summed E-state index contributed by atoms with van der Waals surface area (Å²) in [5.41, 5.74) is 4.80. The molecule has 1 saturated heterocycles. The van der Waals surface area contributed by atoms with E-state index in [-0.39, 0.29) is 17.8 Å². The number of aliphatic imine (C=N–C) groups is 1. The largest absolute Gasteiger partial charge is 0.318 e. The smallest absolute Gasteiger partial charge is 0.267 e. The van der Waals surface area contributed by atoms with Crippen LogP contribution in [0, 0.1) is 19.7 Å². The molecule has 0 bridgehead atoms. The highest BCUT2D eigenvalue weighted by molar-refractivity contribution is 8.18. The molecule has 34 heavy (non-hydrogen) atoms. The van der Waals surface area contributed by atoms with E-state index in [1.165, 1.54) is 30.3 Å². The summed E-state index contributed by atoms with van der Waals surface area (Å²) in [6.07, 6.45) is 7.55. The number of aromatic nitrogens is 1. The number of hydrogen-bond donors (Lipinski definition) is 0. The minimum atomic E-state index is -0.255. The molecule has 1 aromatic heterocycles. The monoisotopic (exact) mass is 473 g/mol. The lowest BCUT2D eigenvalue weighted by molar-refractivity contribution is -0.124. The molecule has 0 N–H and O–H groups in total. The van der Waals surface area contributed by atoms with Crippen molar-refractivity contribution in [1.29, 1.82) is 0 Å². The molecule has 1 aliphatic carbocycles. The number of rotatable bonds is 4. The van der Waals surface area contributed by atoms with Crippen molar-refractivity contribution < 1.29 is 9.18 Å². The molecule has 1 amide bonds. The van der Waals surface area contributed by atoms with Gasteiger partial charge in [-0.2, -0.15) is 0 Å². The number of halogens is 1. The van der Waals surface area contributed by atoms with Gasteiger partial charge in [-0.3, -0.25) is 9.69 Å². The Labute approximate surface area is 204 Å². The Kier molecular flexibility index (Phi) is 6.42. The van der Waals surface area contributed by atoms with E-state index >= 15 is 0 Å². The van der Waals surface area contributed by atoms with Crippen LogP contribution in [0.25, 0.3) is 11.8 Å². The Bertz CT molecular complexity index is 1250. The molecular weight excluding hydrogens is 445 g/mol. The van der Waals surface area contributed by atoms with Crippen LogP contribution in [-0.2, 0) is 4.79 Å². The van der Waals surface area contributed by atoms with Crippen LogP contribution in [0.15, 0.2) is 70.6 Å². The van der Waals surface area contributed by atoms with Crippen LogP contribution in [0.4, 0.5) is 10.1 Å². The highest BCUT2D eigenvalue weighted by atomic mass is 32.2. The maximum absolute atomic E-state index is 13.6. The number of hydrogen-bond acceptors (Lipinski definition) is 3. The molecule has 1 aliphatic heterocycles. The molecule has 174 valence electrons. The van der Waals surface area contributed by atoms with E-state index in [1.54, 1.807) is 12.1 Å². The molecule has 2 heterocycles. The van der Waals surface area contributed by atoms with Crippen LogP contribution in [0.1, 0.15) is 49.1 Å². The van der Waals surface area contributed by atoms with Gasteiger partial charge in [0, 0.05) is 23.1 Å². The van der Waals surface area contributed by atoms with E-state index in [9.17, 15) is 9.18 Å². The average molecular weight is 474 g/mol. The molecule has 5 rings (SSSR count). The number of amides is 1. The van der Waals surface area contributed by atoms with Gasteiger partial charge in [0.15, 0.2) is 5.17 Å². The lowest BCUT2D eigenvalue weighted by Gasteiger charge is -2.30. The molecule has 0 unspecified atom stereocenters. The van der Waals surface area contributed by atoms with Crippen molar-refractivity contribution in [2.75, 3.05) is 0 Å². The highest BCUT2D eigenvalue weighted by Crippen LogP contribution is 2.39. The van der Waals surface area contributed by atoms with Crippen molar-refractivity contribution >= 4 is 34.6 Å². The molecule has 4 nitrogen and oxygen atoms in total. The van der Waals surface area contributed by atoms with Crippen LogP contribution in [-0.4, -0.2) is 26.6 Å². The second kappa shape index (κ2) is 9.63. The van der Waals surface area contributed by atoms with Gasteiger partial charge in [0.05, 0.1) is 10.6 Å². The molecule has 1 saturated carbocycles. The summed E-state index contributed by atoms with van der Waals surface area (Å²) in [6, 6.07) is 18.6. The third kappa shape index (κ3) is 4.47. The minimum Gasteiger partial charge on any atom is -0.318 e. The summed E-state index contributed by atoms with van der Waals surface area (Å²) in [5, 5.41) is 0.765. The van der Waals surface area contributed by atoms with Crippen molar-refractivity contribution in [3.8, 4) is 5.69 Å². The molecule has 0 spiro atoms. The van der Waals surface area contributed by atoms with E-state index in [0.717, 1.165) is 59.2 Å². The third-order valence-electron chi connectivity index (χ3n) is 6.60. The minimum absolute atomic E-state index is 0.0400. The van der Waals surface area contributed by atoms with E-state index in [4.69, 9.17) is 4.99 Å². The molecule has 2 aliphatic rings. The summed E-state index contributed by atoms with van der Waals surface area (Å²) in [7, 11) is 0. The van der Waals surface area contributed by atoms with Crippen LogP contribution in [0.3, 0.4) is 0 Å². The molecular formula is C28H28FN3OS. The summed E-state index contributed by atoms with van der Waals surface area (Å²) in [6.45, 7) is 4.06. The first kappa shape index (κ1) is 22.7. The molecule has 2 aromatic carbocycles. The van der Waals surface area contributed by atoms with Gasteiger partial charge < -0.3 is 4.57 Å². The molecule has 2 fully saturated rings. The van der Waals surface area contributed by atoms with Crippen LogP contribution in [0.5, 0.6) is 0 Å². The first-order chi connectivity index (χ1) is 16.5. The van der Waals surface area contributed by atoms with Gasteiger partial charge in [-0.25, -0.2) is 9.38 Å². The second-order valence-corrected chi connectivity index (χ2v) is 9.95. The number of amidine groups is 1. The van der Waals surface area contributed by atoms with E-state index in [0.29, 0.717) is 4.91 Å². The van der Waals surface area contributed by atoms with Gasteiger partial charge in [0.25, 0.3) is 5.91 Å². The summed E-state index contributed by atoms with van der Waals surface area (Å²) in [5.74, 6) is -0.215. The SMILES string of the molecule is Cc1cc(/C=C2/SC(=Nc3ccccc3)N(C3CCCCC3)C2=O)c(C)n1-c1ccc(F)cc1. The molecule has 6 heteroatoms. The number of carbonyl (C=O) groups excluding carboxylic acids is 1. The lowest BCUT2D eigenvalue weighted by atomic mass is 9.94. The van der Waals surface area contributed by atoms with Gasteiger partial charge in [-0.05, 0) is 92.6 Å². The number of benzene rings is 2. The average Bonchev–Trinajstić information content (AvgIpc) is 3.30. The van der Waals surface area contributed by atoms with Crippen LogP contribution >= 0.6 is 11.8 Å². The van der Waals surface area contributed by atoms with Crippen molar-refractivity contribution in [3.63, 3.8) is 0 Å². The topological polar surface area (TPSA) is 37.6 Å². The first-order valence-electron chi connectivity index (χ1n) is 11.8. The van der Waals surface area contributed by atoms with E-state index in [2.05, 4.69) is 10.6 Å². The Morgan fingerprint density at radius 1 is 1.00 bits per heavy atom. The normalized spacial score (nSPS) is 19.5. The first-order valence-corrected chi connectivity index (χ1v) is 12.6. The van der Waals surface area contributed by atoms with Crippen molar-refractivity contribution in [2.24, 2.45) is 4.99 Å². The number of nitrogens with zero attached hydrogens (tertiary/aromatic N) is 3. The Morgan fingerprint density at radius 2 is 1.71 bits per heavy atom. The van der Waals surface area contributed by atoms with Crippen molar-refractivity contribution in [2.45, 2.75) is 52.0 Å². The van der Waals surface area contributed by atoms with Gasteiger partial charge in [0.2, 0.25) is 0 Å². The third-order valence-corrected chi connectivity index (χ3v) is 7.58. The summed E-state index contributed by atoms with van der Waals surface area (Å²) < 4.78 is 15.5. The van der Waals surface area contributed by atoms with E-state index in [1.807, 2.05) is 55.2 Å². The van der Waals surface area contributed by atoms with E-state index < -0.39 is 0 Å². The number of carbonyl (C=O) groups is 1. The fourth-order valence-corrected chi connectivity index (χ4v) is 5.95. The number of thioether (sulfide) groups is 1.